The molecule has 9 nitrogen and oxygen atoms in total. The Balaban J connectivity index is 2.24. The average Bonchev–Trinajstić information content (AvgIpc) is 2.77. The molecule has 168 valence electrons. The largest absolute Gasteiger partial charge is 0.497 e. The standard InChI is InChI=1S/C21H25NO8S/c1-22(11-12-30-17-8-6-16(27-2)7-9-17)31(25,26)19-14-15(5-10-20(23)24)13-18(28-3)21(19)29-4/h5-10,13-14H,11-12H2,1-4H3,(H,23,24). The van der Waals surface area contributed by atoms with E-state index in [4.69, 9.17) is 24.1 Å². The van der Waals surface area contributed by atoms with Crippen molar-refractivity contribution >= 4 is 22.1 Å². The monoisotopic (exact) mass is 451 g/mol. The zero-order valence-corrected chi connectivity index (χ0v) is 18.5. The van der Waals surface area contributed by atoms with E-state index in [0.29, 0.717) is 17.1 Å². The summed E-state index contributed by atoms with van der Waals surface area (Å²) in [6.45, 7) is 0.176. The number of sulfonamides is 1. The van der Waals surface area contributed by atoms with Crippen molar-refractivity contribution in [3.8, 4) is 23.0 Å². The fourth-order valence-corrected chi connectivity index (χ4v) is 4.01. The summed E-state index contributed by atoms with van der Waals surface area (Å²) in [5.74, 6) is 0.290. The van der Waals surface area contributed by atoms with Gasteiger partial charge < -0.3 is 24.1 Å². The number of hydrogen-bond donors (Lipinski definition) is 1. The van der Waals surface area contributed by atoms with E-state index in [9.17, 15) is 13.2 Å². The summed E-state index contributed by atoms with van der Waals surface area (Å²) in [6, 6.07) is 9.74. The van der Waals surface area contributed by atoms with Crippen molar-refractivity contribution < 1.29 is 37.3 Å². The first-order valence-corrected chi connectivity index (χ1v) is 10.6. The first kappa shape index (κ1) is 24.0. The Morgan fingerprint density at radius 3 is 2.23 bits per heavy atom. The molecule has 2 rings (SSSR count). The molecule has 0 aliphatic carbocycles. The van der Waals surface area contributed by atoms with Gasteiger partial charge in [-0.25, -0.2) is 13.2 Å². The highest BCUT2D eigenvalue weighted by molar-refractivity contribution is 7.89. The Hall–Kier alpha value is -3.24. The van der Waals surface area contributed by atoms with Crippen molar-refractivity contribution in [3.05, 3.63) is 48.0 Å². The van der Waals surface area contributed by atoms with Crippen molar-refractivity contribution in [3.63, 3.8) is 0 Å². The fraction of sp³-hybridized carbons (Fsp3) is 0.286. The predicted molar refractivity (Wildman–Crippen MR) is 115 cm³/mol. The van der Waals surface area contributed by atoms with E-state index in [1.807, 2.05) is 0 Å². The quantitative estimate of drug-likeness (QED) is 0.519. The lowest BCUT2D eigenvalue weighted by Crippen LogP contribution is -2.31. The highest BCUT2D eigenvalue weighted by Crippen LogP contribution is 2.37. The molecule has 2 aromatic carbocycles. The third-order valence-electron chi connectivity index (χ3n) is 4.31. The van der Waals surface area contributed by atoms with Gasteiger partial charge in [0.2, 0.25) is 10.0 Å². The van der Waals surface area contributed by atoms with Crippen LogP contribution in [0.15, 0.2) is 47.4 Å². The lowest BCUT2D eigenvalue weighted by Gasteiger charge is -2.20. The Kier molecular flexibility index (Phi) is 8.29. The summed E-state index contributed by atoms with van der Waals surface area (Å²) in [5.41, 5.74) is 0.335. The topological polar surface area (TPSA) is 112 Å². The van der Waals surface area contributed by atoms with Crippen LogP contribution in [-0.2, 0) is 14.8 Å². The number of nitrogens with zero attached hydrogens (tertiary/aromatic N) is 1. The van der Waals surface area contributed by atoms with Crippen LogP contribution >= 0.6 is 0 Å². The van der Waals surface area contributed by atoms with Crippen molar-refractivity contribution in [1.29, 1.82) is 0 Å². The molecule has 0 aliphatic rings. The molecule has 0 radical (unpaired) electrons. The zero-order chi connectivity index (χ0) is 23.0. The molecule has 0 fully saturated rings. The second kappa shape index (κ2) is 10.7. The molecule has 0 aromatic heterocycles. The van der Waals surface area contributed by atoms with Gasteiger partial charge in [0.05, 0.1) is 21.3 Å². The molecule has 0 bridgehead atoms. The van der Waals surface area contributed by atoms with E-state index in [-0.39, 0.29) is 29.5 Å². The van der Waals surface area contributed by atoms with Crippen LogP contribution in [0.5, 0.6) is 23.0 Å². The minimum absolute atomic E-state index is 0.0258. The third-order valence-corrected chi connectivity index (χ3v) is 6.17. The molecular formula is C21H25NO8S. The minimum atomic E-state index is -3.99. The van der Waals surface area contributed by atoms with Crippen LogP contribution in [0.1, 0.15) is 5.56 Å². The molecular weight excluding hydrogens is 426 g/mol. The normalized spacial score (nSPS) is 11.5. The molecule has 0 saturated carbocycles. The number of likely N-dealkylation sites (N-methyl/N-ethyl adjacent to an activating group) is 1. The second-order valence-electron chi connectivity index (χ2n) is 6.28. The Morgan fingerprint density at radius 1 is 1.03 bits per heavy atom. The van der Waals surface area contributed by atoms with Gasteiger partial charge in [0.25, 0.3) is 0 Å². The number of carboxylic acid groups (broad SMARTS) is 1. The maximum Gasteiger partial charge on any atom is 0.328 e. The summed E-state index contributed by atoms with van der Waals surface area (Å²) in [5, 5.41) is 8.85. The van der Waals surface area contributed by atoms with E-state index in [1.54, 1.807) is 31.4 Å². The molecule has 31 heavy (non-hydrogen) atoms. The van der Waals surface area contributed by atoms with Crippen molar-refractivity contribution in [1.82, 2.24) is 4.31 Å². The van der Waals surface area contributed by atoms with Gasteiger partial charge in [-0.15, -0.1) is 0 Å². The van der Waals surface area contributed by atoms with Gasteiger partial charge in [0.1, 0.15) is 23.0 Å². The van der Waals surface area contributed by atoms with Crippen LogP contribution in [-0.4, -0.2) is 65.3 Å². The SMILES string of the molecule is COc1ccc(OCCN(C)S(=O)(=O)c2cc(C=CC(=O)O)cc(OC)c2OC)cc1. The van der Waals surface area contributed by atoms with Crippen molar-refractivity contribution in [2.75, 3.05) is 41.5 Å². The highest BCUT2D eigenvalue weighted by atomic mass is 32.2. The highest BCUT2D eigenvalue weighted by Gasteiger charge is 2.27. The lowest BCUT2D eigenvalue weighted by molar-refractivity contribution is -0.131. The smallest absolute Gasteiger partial charge is 0.328 e. The van der Waals surface area contributed by atoms with Gasteiger partial charge in [-0.2, -0.15) is 4.31 Å². The number of benzene rings is 2. The Bertz CT molecular complexity index is 1030. The van der Waals surface area contributed by atoms with Gasteiger partial charge in [-0.05, 0) is 48.0 Å². The molecule has 0 atom stereocenters. The number of methoxy groups -OCH3 is 3. The first-order chi connectivity index (χ1) is 14.7. The fourth-order valence-electron chi connectivity index (χ4n) is 2.66. The lowest BCUT2D eigenvalue weighted by atomic mass is 10.2. The van der Waals surface area contributed by atoms with Crippen LogP contribution in [0.3, 0.4) is 0 Å². The van der Waals surface area contributed by atoms with E-state index in [1.165, 1.54) is 39.5 Å². The molecule has 0 aliphatic heterocycles. The average molecular weight is 451 g/mol. The molecule has 10 heteroatoms. The van der Waals surface area contributed by atoms with Gasteiger partial charge >= 0.3 is 5.97 Å². The number of rotatable bonds is 11. The zero-order valence-electron chi connectivity index (χ0n) is 17.7. The van der Waals surface area contributed by atoms with Gasteiger partial charge in [0.15, 0.2) is 11.5 Å². The molecule has 0 heterocycles. The van der Waals surface area contributed by atoms with Crippen LogP contribution in [0, 0.1) is 0 Å². The summed E-state index contributed by atoms with van der Waals surface area (Å²) < 4.78 is 48.7. The van der Waals surface area contributed by atoms with E-state index >= 15 is 0 Å². The summed E-state index contributed by atoms with van der Waals surface area (Å²) in [6.07, 6.45) is 2.18. The van der Waals surface area contributed by atoms with Crippen molar-refractivity contribution in [2.45, 2.75) is 4.90 Å². The number of carboxylic acids is 1. The maximum absolute atomic E-state index is 13.2. The molecule has 1 N–H and O–H groups in total. The van der Waals surface area contributed by atoms with E-state index < -0.39 is 16.0 Å². The number of ether oxygens (including phenoxy) is 4. The third kappa shape index (κ3) is 6.12. The Morgan fingerprint density at radius 2 is 1.68 bits per heavy atom. The number of carbonyl (C=O) groups is 1. The summed E-state index contributed by atoms with van der Waals surface area (Å²) in [4.78, 5) is 10.7. The first-order valence-electron chi connectivity index (χ1n) is 9.13. The van der Waals surface area contributed by atoms with Gasteiger partial charge in [-0.1, -0.05) is 0 Å². The predicted octanol–water partition coefficient (Wildman–Crippen LogP) is 2.51. The van der Waals surface area contributed by atoms with Crippen LogP contribution in [0.4, 0.5) is 0 Å². The minimum Gasteiger partial charge on any atom is -0.497 e. The summed E-state index contributed by atoms with van der Waals surface area (Å²) >= 11 is 0. The van der Waals surface area contributed by atoms with Crippen LogP contribution < -0.4 is 18.9 Å². The van der Waals surface area contributed by atoms with Gasteiger partial charge in [0, 0.05) is 19.7 Å². The Labute approximate surface area is 181 Å². The maximum atomic E-state index is 13.2. The molecule has 0 saturated heterocycles. The van der Waals surface area contributed by atoms with Crippen LogP contribution in [0.2, 0.25) is 0 Å². The van der Waals surface area contributed by atoms with Crippen LogP contribution in [0.25, 0.3) is 6.08 Å². The van der Waals surface area contributed by atoms with Gasteiger partial charge in [-0.3, -0.25) is 0 Å². The second-order valence-corrected chi connectivity index (χ2v) is 8.29. The van der Waals surface area contributed by atoms with E-state index in [2.05, 4.69) is 0 Å². The molecule has 0 amide bonds. The molecule has 2 aromatic rings. The molecule has 0 spiro atoms. The summed E-state index contributed by atoms with van der Waals surface area (Å²) in [7, 11) is 1.68. The molecule has 0 unspecified atom stereocenters. The van der Waals surface area contributed by atoms with Crippen molar-refractivity contribution in [2.24, 2.45) is 0 Å². The number of aliphatic carboxylic acids is 1. The van der Waals surface area contributed by atoms with E-state index in [0.717, 1.165) is 10.4 Å². The number of hydrogen-bond acceptors (Lipinski definition) is 7.